The lowest BCUT2D eigenvalue weighted by Gasteiger charge is -2.32. The van der Waals surface area contributed by atoms with Crippen LogP contribution in [0.15, 0.2) is 48.8 Å². The zero-order valence-corrected chi connectivity index (χ0v) is 14.6. The van der Waals surface area contributed by atoms with Gasteiger partial charge in [-0.05, 0) is 42.7 Å². The number of halogens is 1. The van der Waals surface area contributed by atoms with Crippen molar-refractivity contribution in [2.24, 2.45) is 0 Å². The Balaban J connectivity index is 1.46. The molecule has 0 radical (unpaired) electrons. The van der Waals surface area contributed by atoms with Crippen LogP contribution >= 0.6 is 11.6 Å². The molecule has 130 valence electrons. The van der Waals surface area contributed by atoms with E-state index in [-0.39, 0.29) is 17.9 Å². The molecule has 0 spiro atoms. The second-order valence-electron chi connectivity index (χ2n) is 6.17. The lowest BCUT2D eigenvalue weighted by atomic mass is 10.0. The standard InChI is InChI=1S/C19H20ClN3O2/c20-16-3-1-14(2-4-16)13-18(24)22-17-7-11-23(12-8-17)19(25)15-5-9-21-10-6-15/h1-6,9-10,17H,7-8,11-13H2,(H,22,24). The number of rotatable bonds is 4. The van der Waals surface area contributed by atoms with Gasteiger partial charge in [0, 0.05) is 42.1 Å². The van der Waals surface area contributed by atoms with Gasteiger partial charge in [0.25, 0.3) is 5.91 Å². The largest absolute Gasteiger partial charge is 0.353 e. The van der Waals surface area contributed by atoms with E-state index in [1.807, 2.05) is 17.0 Å². The normalized spacial score (nSPS) is 15.0. The Morgan fingerprint density at radius 3 is 2.36 bits per heavy atom. The van der Waals surface area contributed by atoms with E-state index in [0.29, 0.717) is 30.1 Å². The number of hydrogen-bond acceptors (Lipinski definition) is 3. The molecule has 6 heteroatoms. The summed E-state index contributed by atoms with van der Waals surface area (Å²) in [4.78, 5) is 30.3. The van der Waals surface area contributed by atoms with E-state index >= 15 is 0 Å². The van der Waals surface area contributed by atoms with Crippen LogP contribution in [0, 0.1) is 0 Å². The van der Waals surface area contributed by atoms with Crippen LogP contribution < -0.4 is 5.32 Å². The lowest BCUT2D eigenvalue weighted by molar-refractivity contribution is -0.121. The van der Waals surface area contributed by atoms with Crippen LogP contribution in [0.25, 0.3) is 0 Å². The summed E-state index contributed by atoms with van der Waals surface area (Å²) >= 11 is 5.85. The van der Waals surface area contributed by atoms with Gasteiger partial charge in [0.05, 0.1) is 6.42 Å². The van der Waals surface area contributed by atoms with Gasteiger partial charge in [-0.3, -0.25) is 14.6 Å². The van der Waals surface area contributed by atoms with Crippen molar-refractivity contribution in [1.29, 1.82) is 0 Å². The summed E-state index contributed by atoms with van der Waals surface area (Å²) in [6.45, 7) is 1.29. The van der Waals surface area contributed by atoms with E-state index in [1.54, 1.807) is 36.7 Å². The Kier molecular flexibility index (Phi) is 5.66. The number of nitrogens with zero attached hydrogens (tertiary/aromatic N) is 2. The summed E-state index contributed by atoms with van der Waals surface area (Å²) in [7, 11) is 0. The summed E-state index contributed by atoms with van der Waals surface area (Å²) in [5.74, 6) is 0.0228. The van der Waals surface area contributed by atoms with E-state index in [0.717, 1.165) is 18.4 Å². The number of nitrogens with one attached hydrogen (secondary N) is 1. The number of benzene rings is 1. The highest BCUT2D eigenvalue weighted by Crippen LogP contribution is 2.14. The van der Waals surface area contributed by atoms with Crippen molar-refractivity contribution in [2.75, 3.05) is 13.1 Å². The minimum atomic E-state index is 0.00114. The van der Waals surface area contributed by atoms with Crippen LogP contribution in [0.4, 0.5) is 0 Å². The monoisotopic (exact) mass is 357 g/mol. The molecule has 0 atom stereocenters. The fourth-order valence-electron chi connectivity index (χ4n) is 2.97. The quantitative estimate of drug-likeness (QED) is 0.915. The molecular weight excluding hydrogens is 338 g/mol. The number of hydrogen-bond donors (Lipinski definition) is 1. The van der Waals surface area contributed by atoms with Crippen molar-refractivity contribution in [3.05, 3.63) is 64.9 Å². The van der Waals surface area contributed by atoms with Gasteiger partial charge in [-0.25, -0.2) is 0 Å². The van der Waals surface area contributed by atoms with Crippen molar-refractivity contribution < 1.29 is 9.59 Å². The first-order valence-corrected chi connectivity index (χ1v) is 8.73. The smallest absolute Gasteiger partial charge is 0.253 e. The number of likely N-dealkylation sites (tertiary alicyclic amines) is 1. The summed E-state index contributed by atoms with van der Waals surface area (Å²) < 4.78 is 0. The summed E-state index contributed by atoms with van der Waals surface area (Å²) in [5.41, 5.74) is 1.59. The van der Waals surface area contributed by atoms with E-state index in [1.165, 1.54) is 0 Å². The maximum Gasteiger partial charge on any atom is 0.253 e. The van der Waals surface area contributed by atoms with Gasteiger partial charge in [-0.1, -0.05) is 23.7 Å². The minimum Gasteiger partial charge on any atom is -0.353 e. The van der Waals surface area contributed by atoms with Gasteiger partial charge in [0.15, 0.2) is 0 Å². The molecule has 2 amide bonds. The number of piperidine rings is 1. The highest BCUT2D eigenvalue weighted by molar-refractivity contribution is 6.30. The molecule has 1 fully saturated rings. The zero-order valence-electron chi connectivity index (χ0n) is 13.8. The molecule has 2 heterocycles. The first kappa shape index (κ1) is 17.4. The second kappa shape index (κ2) is 8.12. The first-order chi connectivity index (χ1) is 12.1. The minimum absolute atomic E-state index is 0.00114. The molecular formula is C19H20ClN3O2. The van der Waals surface area contributed by atoms with Gasteiger partial charge >= 0.3 is 0 Å². The number of aromatic nitrogens is 1. The average molecular weight is 358 g/mol. The van der Waals surface area contributed by atoms with Crippen LogP contribution in [-0.2, 0) is 11.2 Å². The Morgan fingerprint density at radius 2 is 1.72 bits per heavy atom. The molecule has 25 heavy (non-hydrogen) atoms. The highest BCUT2D eigenvalue weighted by atomic mass is 35.5. The van der Waals surface area contributed by atoms with Crippen molar-refractivity contribution in [3.63, 3.8) is 0 Å². The average Bonchev–Trinajstić information content (AvgIpc) is 2.64. The fraction of sp³-hybridized carbons (Fsp3) is 0.316. The van der Waals surface area contributed by atoms with Crippen molar-refractivity contribution in [2.45, 2.75) is 25.3 Å². The highest BCUT2D eigenvalue weighted by Gasteiger charge is 2.24. The number of pyridine rings is 1. The van der Waals surface area contributed by atoms with Crippen LogP contribution in [0.1, 0.15) is 28.8 Å². The van der Waals surface area contributed by atoms with Crippen molar-refractivity contribution in [1.82, 2.24) is 15.2 Å². The first-order valence-electron chi connectivity index (χ1n) is 8.35. The third-order valence-corrected chi connectivity index (χ3v) is 4.60. The summed E-state index contributed by atoms with van der Waals surface area (Å²) in [6.07, 6.45) is 5.12. The van der Waals surface area contributed by atoms with E-state index in [4.69, 9.17) is 11.6 Å². The zero-order chi connectivity index (χ0) is 17.6. The molecule has 0 unspecified atom stereocenters. The Labute approximate surface area is 152 Å². The molecule has 1 aliphatic heterocycles. The number of carbonyl (C=O) groups is 2. The molecule has 1 aromatic carbocycles. The number of carbonyl (C=O) groups excluding carboxylic acids is 2. The molecule has 1 aromatic heterocycles. The van der Waals surface area contributed by atoms with Crippen molar-refractivity contribution >= 4 is 23.4 Å². The molecule has 0 bridgehead atoms. The molecule has 0 saturated carbocycles. The Hall–Kier alpha value is -2.40. The van der Waals surface area contributed by atoms with Gasteiger partial charge in [0.2, 0.25) is 5.91 Å². The predicted molar refractivity (Wildman–Crippen MR) is 96.5 cm³/mol. The van der Waals surface area contributed by atoms with Gasteiger partial charge in [-0.2, -0.15) is 0 Å². The van der Waals surface area contributed by atoms with Crippen LogP contribution in [0.5, 0.6) is 0 Å². The maximum absolute atomic E-state index is 12.4. The lowest BCUT2D eigenvalue weighted by Crippen LogP contribution is -2.46. The van der Waals surface area contributed by atoms with Crippen LogP contribution in [0.3, 0.4) is 0 Å². The maximum atomic E-state index is 12.4. The summed E-state index contributed by atoms with van der Waals surface area (Å²) in [5, 5.41) is 3.72. The molecule has 1 N–H and O–H groups in total. The SMILES string of the molecule is O=C(Cc1ccc(Cl)cc1)NC1CCN(C(=O)c2ccncc2)CC1. The Morgan fingerprint density at radius 1 is 1.08 bits per heavy atom. The van der Waals surface area contributed by atoms with Gasteiger partial charge in [-0.15, -0.1) is 0 Å². The van der Waals surface area contributed by atoms with Gasteiger partial charge < -0.3 is 10.2 Å². The predicted octanol–water partition coefficient (Wildman–Crippen LogP) is 2.70. The van der Waals surface area contributed by atoms with Crippen LogP contribution in [0.2, 0.25) is 5.02 Å². The molecule has 1 aliphatic rings. The summed E-state index contributed by atoms with van der Waals surface area (Å²) in [6, 6.07) is 10.8. The molecule has 3 rings (SSSR count). The molecule has 5 nitrogen and oxygen atoms in total. The van der Waals surface area contributed by atoms with Gasteiger partial charge in [0.1, 0.15) is 0 Å². The fourth-order valence-corrected chi connectivity index (χ4v) is 3.10. The van der Waals surface area contributed by atoms with E-state index < -0.39 is 0 Å². The molecule has 1 saturated heterocycles. The van der Waals surface area contributed by atoms with Crippen LogP contribution in [-0.4, -0.2) is 40.8 Å². The Bertz CT molecular complexity index is 726. The van der Waals surface area contributed by atoms with E-state index in [9.17, 15) is 9.59 Å². The third kappa shape index (κ3) is 4.79. The number of amides is 2. The van der Waals surface area contributed by atoms with E-state index in [2.05, 4.69) is 10.3 Å². The molecule has 0 aliphatic carbocycles. The molecule has 2 aromatic rings. The second-order valence-corrected chi connectivity index (χ2v) is 6.61. The topological polar surface area (TPSA) is 62.3 Å². The van der Waals surface area contributed by atoms with Crippen molar-refractivity contribution in [3.8, 4) is 0 Å². The third-order valence-electron chi connectivity index (χ3n) is 4.35.